The maximum absolute atomic E-state index is 13.1. The van der Waals surface area contributed by atoms with E-state index in [0.717, 1.165) is 10.4 Å². The number of para-hydroxylation sites is 1. The number of carbonyl (C=O) groups excluding carboxylic acids is 2. The number of thiophene rings is 1. The molecule has 0 fully saturated rings. The lowest BCUT2D eigenvalue weighted by Gasteiger charge is -2.29. The standard InChI is InChI=1S/C21H17ClN2O3S/c22-14-8-9-17-16(11-14)21(18-7-4-10-28-18)24(12-19(25)23-17)20(26)13-27-15-5-2-1-3-6-15/h1-11,21H,12-13H2,(H,23,25). The van der Waals surface area contributed by atoms with Gasteiger partial charge in [-0.2, -0.15) is 0 Å². The molecule has 4 rings (SSSR count). The molecule has 2 amide bonds. The lowest BCUT2D eigenvalue weighted by atomic mass is 10.0. The van der Waals surface area contributed by atoms with E-state index in [-0.39, 0.29) is 25.0 Å². The fourth-order valence-electron chi connectivity index (χ4n) is 3.21. The molecule has 1 aliphatic rings. The van der Waals surface area contributed by atoms with Crippen molar-refractivity contribution in [1.82, 2.24) is 4.90 Å². The van der Waals surface area contributed by atoms with Crippen molar-refractivity contribution in [3.63, 3.8) is 0 Å². The average molecular weight is 413 g/mol. The Balaban J connectivity index is 1.69. The van der Waals surface area contributed by atoms with Gasteiger partial charge in [-0.05, 0) is 41.8 Å². The van der Waals surface area contributed by atoms with E-state index in [0.29, 0.717) is 16.5 Å². The normalized spacial score (nSPS) is 16.1. The van der Waals surface area contributed by atoms with Crippen LogP contribution in [-0.4, -0.2) is 29.9 Å². The number of rotatable bonds is 4. The summed E-state index contributed by atoms with van der Waals surface area (Å²) in [6.07, 6.45) is 0. The second-order valence-electron chi connectivity index (χ2n) is 6.32. The fraction of sp³-hybridized carbons (Fsp3) is 0.143. The molecule has 0 saturated carbocycles. The number of benzene rings is 2. The van der Waals surface area contributed by atoms with Crippen LogP contribution in [0.1, 0.15) is 16.5 Å². The van der Waals surface area contributed by atoms with Crippen molar-refractivity contribution in [2.45, 2.75) is 6.04 Å². The van der Waals surface area contributed by atoms with Crippen molar-refractivity contribution in [1.29, 1.82) is 0 Å². The summed E-state index contributed by atoms with van der Waals surface area (Å²) in [6, 6.07) is 17.9. The number of ether oxygens (including phenoxy) is 1. The Labute approximate surface area is 171 Å². The second kappa shape index (κ2) is 8.04. The van der Waals surface area contributed by atoms with E-state index in [1.54, 1.807) is 35.2 Å². The Morgan fingerprint density at radius 1 is 1.18 bits per heavy atom. The zero-order chi connectivity index (χ0) is 19.5. The molecule has 28 heavy (non-hydrogen) atoms. The summed E-state index contributed by atoms with van der Waals surface area (Å²) in [6.45, 7) is -0.221. The Hall–Kier alpha value is -2.83. The molecule has 1 atom stereocenters. The predicted molar refractivity (Wildman–Crippen MR) is 110 cm³/mol. The van der Waals surface area contributed by atoms with Gasteiger partial charge in [0.05, 0.1) is 6.04 Å². The van der Waals surface area contributed by atoms with Crippen molar-refractivity contribution in [2.75, 3.05) is 18.5 Å². The molecule has 1 aliphatic heterocycles. The third-order valence-corrected chi connectivity index (χ3v) is 5.61. The Bertz CT molecular complexity index is 992. The molecule has 5 nitrogen and oxygen atoms in total. The van der Waals surface area contributed by atoms with Gasteiger partial charge in [0.1, 0.15) is 12.3 Å². The number of nitrogens with one attached hydrogen (secondary N) is 1. The number of nitrogens with zero attached hydrogens (tertiary/aromatic N) is 1. The third-order valence-electron chi connectivity index (χ3n) is 4.45. The number of hydrogen-bond donors (Lipinski definition) is 1. The van der Waals surface area contributed by atoms with Crippen molar-refractivity contribution >= 4 is 40.4 Å². The van der Waals surface area contributed by atoms with Crippen LogP contribution >= 0.6 is 22.9 Å². The van der Waals surface area contributed by atoms with E-state index in [1.165, 1.54) is 11.3 Å². The summed E-state index contributed by atoms with van der Waals surface area (Å²) in [5.74, 6) is 0.0761. The van der Waals surface area contributed by atoms with Crippen molar-refractivity contribution in [3.05, 3.63) is 81.5 Å². The van der Waals surface area contributed by atoms with E-state index in [9.17, 15) is 9.59 Å². The number of amides is 2. The lowest BCUT2D eigenvalue weighted by Crippen LogP contribution is -2.41. The minimum atomic E-state index is -0.417. The molecule has 2 aromatic carbocycles. The molecule has 0 bridgehead atoms. The molecule has 1 aromatic heterocycles. The highest BCUT2D eigenvalue weighted by Crippen LogP contribution is 2.39. The maximum atomic E-state index is 13.1. The number of hydrogen-bond acceptors (Lipinski definition) is 4. The molecule has 0 radical (unpaired) electrons. The topological polar surface area (TPSA) is 58.6 Å². The van der Waals surface area contributed by atoms with Crippen LogP contribution in [0.5, 0.6) is 5.75 Å². The summed E-state index contributed by atoms with van der Waals surface area (Å²) < 4.78 is 5.63. The van der Waals surface area contributed by atoms with Crippen LogP contribution in [0.2, 0.25) is 5.02 Å². The molecule has 0 saturated heterocycles. The molecular formula is C21H17ClN2O3S. The molecule has 2 heterocycles. The van der Waals surface area contributed by atoms with Gasteiger partial charge in [-0.3, -0.25) is 9.59 Å². The molecule has 7 heteroatoms. The first kappa shape index (κ1) is 18.5. The zero-order valence-electron chi connectivity index (χ0n) is 14.8. The van der Waals surface area contributed by atoms with Gasteiger partial charge in [0.25, 0.3) is 5.91 Å². The number of anilines is 1. The first-order valence-electron chi connectivity index (χ1n) is 8.72. The summed E-state index contributed by atoms with van der Waals surface area (Å²) in [7, 11) is 0. The van der Waals surface area contributed by atoms with Crippen LogP contribution in [0.4, 0.5) is 5.69 Å². The van der Waals surface area contributed by atoms with Gasteiger partial charge in [-0.25, -0.2) is 0 Å². The third kappa shape index (κ3) is 3.88. The van der Waals surface area contributed by atoms with E-state index < -0.39 is 6.04 Å². The second-order valence-corrected chi connectivity index (χ2v) is 7.74. The van der Waals surface area contributed by atoms with Gasteiger partial charge in [0, 0.05) is 21.2 Å². The van der Waals surface area contributed by atoms with Gasteiger partial charge in [-0.15, -0.1) is 11.3 Å². The molecule has 3 aromatic rings. The van der Waals surface area contributed by atoms with Crippen LogP contribution in [0.15, 0.2) is 66.0 Å². The Morgan fingerprint density at radius 2 is 2.00 bits per heavy atom. The summed E-state index contributed by atoms with van der Waals surface area (Å²) in [4.78, 5) is 28.0. The Morgan fingerprint density at radius 3 is 2.75 bits per heavy atom. The van der Waals surface area contributed by atoms with Gasteiger partial charge < -0.3 is 15.0 Å². The summed E-state index contributed by atoms with van der Waals surface area (Å²) in [5, 5.41) is 5.37. The van der Waals surface area contributed by atoms with E-state index in [2.05, 4.69) is 5.32 Å². The average Bonchev–Trinajstić information content (AvgIpc) is 3.18. The quantitative estimate of drug-likeness (QED) is 0.693. The minimum Gasteiger partial charge on any atom is -0.484 e. The largest absolute Gasteiger partial charge is 0.484 e. The van der Waals surface area contributed by atoms with Crippen LogP contribution in [-0.2, 0) is 9.59 Å². The fourth-order valence-corrected chi connectivity index (χ4v) is 4.24. The van der Waals surface area contributed by atoms with Crippen LogP contribution in [0.25, 0.3) is 0 Å². The van der Waals surface area contributed by atoms with Gasteiger partial charge in [0.2, 0.25) is 5.91 Å². The zero-order valence-corrected chi connectivity index (χ0v) is 16.4. The van der Waals surface area contributed by atoms with Gasteiger partial charge in [-0.1, -0.05) is 35.9 Å². The van der Waals surface area contributed by atoms with Gasteiger partial charge >= 0.3 is 0 Å². The number of halogens is 1. The monoisotopic (exact) mass is 412 g/mol. The smallest absolute Gasteiger partial charge is 0.261 e. The molecule has 0 aliphatic carbocycles. The predicted octanol–water partition coefficient (Wildman–Crippen LogP) is 4.35. The van der Waals surface area contributed by atoms with Crippen LogP contribution in [0.3, 0.4) is 0 Å². The van der Waals surface area contributed by atoms with E-state index in [4.69, 9.17) is 16.3 Å². The SMILES string of the molecule is O=C1CN(C(=O)COc2ccccc2)C(c2cccs2)c2cc(Cl)ccc2N1. The van der Waals surface area contributed by atoms with E-state index >= 15 is 0 Å². The highest BCUT2D eigenvalue weighted by molar-refractivity contribution is 7.10. The van der Waals surface area contributed by atoms with Crippen molar-refractivity contribution in [2.24, 2.45) is 0 Å². The first-order valence-corrected chi connectivity index (χ1v) is 9.97. The first-order chi connectivity index (χ1) is 13.6. The number of carbonyl (C=O) groups is 2. The van der Waals surface area contributed by atoms with Gasteiger partial charge in [0.15, 0.2) is 6.61 Å². The summed E-state index contributed by atoms with van der Waals surface area (Å²) in [5.41, 5.74) is 1.45. The molecule has 1 unspecified atom stereocenters. The van der Waals surface area contributed by atoms with Crippen LogP contribution < -0.4 is 10.1 Å². The highest BCUT2D eigenvalue weighted by atomic mass is 35.5. The number of fused-ring (bicyclic) bond motifs is 1. The molecule has 1 N–H and O–H groups in total. The highest BCUT2D eigenvalue weighted by Gasteiger charge is 2.34. The van der Waals surface area contributed by atoms with E-state index in [1.807, 2.05) is 35.7 Å². The van der Waals surface area contributed by atoms with Crippen molar-refractivity contribution < 1.29 is 14.3 Å². The molecular weight excluding hydrogens is 396 g/mol. The summed E-state index contributed by atoms with van der Waals surface area (Å²) >= 11 is 7.75. The van der Waals surface area contributed by atoms with Crippen molar-refractivity contribution in [3.8, 4) is 5.75 Å². The maximum Gasteiger partial charge on any atom is 0.261 e. The minimum absolute atomic E-state index is 0.0636. The Kier molecular flexibility index (Phi) is 5.32. The lowest BCUT2D eigenvalue weighted by molar-refractivity contribution is -0.138. The van der Waals surface area contributed by atoms with Crippen LogP contribution in [0, 0.1) is 0 Å². The molecule has 0 spiro atoms. The molecule has 142 valence electrons.